The Bertz CT molecular complexity index is 524. The number of nitrogens with two attached hydrogens (primary N) is 2. The first kappa shape index (κ1) is 17.1. The van der Waals surface area contributed by atoms with Crippen molar-refractivity contribution in [3.8, 4) is 0 Å². The van der Waals surface area contributed by atoms with E-state index in [2.05, 4.69) is 60.4 Å². The van der Waals surface area contributed by atoms with Crippen molar-refractivity contribution < 1.29 is 0 Å². The molecule has 21 heavy (non-hydrogen) atoms. The molecule has 0 aliphatic rings. The van der Waals surface area contributed by atoms with Crippen molar-refractivity contribution in [2.24, 2.45) is 16.5 Å². The first-order valence-corrected chi connectivity index (χ1v) is 6.79. The number of benzene rings is 2. The number of guanidine groups is 1. The third kappa shape index (κ3) is 4.23. The lowest BCUT2D eigenvalue weighted by Gasteiger charge is -2.30. The van der Waals surface area contributed by atoms with E-state index in [0.29, 0.717) is 6.54 Å². The molecule has 2 rings (SSSR count). The highest BCUT2D eigenvalue weighted by Crippen LogP contribution is 2.35. The summed E-state index contributed by atoms with van der Waals surface area (Å²) in [7, 11) is 0. The Morgan fingerprint density at radius 3 is 1.71 bits per heavy atom. The zero-order chi connectivity index (χ0) is 14.4. The Labute approximate surface area is 132 Å². The summed E-state index contributed by atoms with van der Waals surface area (Å²) in [5.41, 5.74) is 13.3. The molecule has 2 aromatic carbocycles. The van der Waals surface area contributed by atoms with Gasteiger partial charge in [0.25, 0.3) is 0 Å². The van der Waals surface area contributed by atoms with Gasteiger partial charge >= 0.3 is 0 Å². The van der Waals surface area contributed by atoms with E-state index in [1.54, 1.807) is 0 Å². The quantitative estimate of drug-likeness (QED) is 0.658. The molecule has 0 aliphatic heterocycles. The molecule has 3 nitrogen and oxygen atoms in total. The highest BCUT2D eigenvalue weighted by atomic mass is 35.5. The molecule has 0 amide bonds. The van der Waals surface area contributed by atoms with Crippen LogP contribution in [0.25, 0.3) is 0 Å². The Kier molecular flexibility index (Phi) is 6.25. The van der Waals surface area contributed by atoms with Crippen LogP contribution in [-0.4, -0.2) is 12.5 Å². The highest BCUT2D eigenvalue weighted by Gasteiger charge is 2.28. The van der Waals surface area contributed by atoms with Crippen LogP contribution in [0.4, 0.5) is 0 Å². The molecule has 0 aromatic heterocycles. The van der Waals surface area contributed by atoms with Crippen molar-refractivity contribution in [3.05, 3.63) is 71.8 Å². The monoisotopic (exact) mass is 303 g/mol. The molecule has 0 aliphatic carbocycles. The molecular weight excluding hydrogens is 282 g/mol. The summed E-state index contributed by atoms with van der Waals surface area (Å²) in [5.74, 6) is 0.147. The fraction of sp³-hybridized carbons (Fsp3) is 0.235. The molecule has 0 unspecified atom stereocenters. The molecule has 0 bridgehead atoms. The van der Waals surface area contributed by atoms with Crippen molar-refractivity contribution >= 4 is 18.4 Å². The second-order valence-corrected chi connectivity index (χ2v) is 5.12. The van der Waals surface area contributed by atoms with Gasteiger partial charge in [-0.3, -0.25) is 4.99 Å². The predicted octanol–water partition coefficient (Wildman–Crippen LogP) is 3.08. The van der Waals surface area contributed by atoms with E-state index in [-0.39, 0.29) is 23.8 Å². The lowest BCUT2D eigenvalue weighted by molar-refractivity contribution is 0.528. The lowest BCUT2D eigenvalue weighted by Crippen LogP contribution is -2.27. The van der Waals surface area contributed by atoms with Crippen LogP contribution in [0.3, 0.4) is 0 Å². The van der Waals surface area contributed by atoms with E-state index in [9.17, 15) is 0 Å². The average molecular weight is 304 g/mol. The van der Waals surface area contributed by atoms with Crippen LogP contribution in [0.5, 0.6) is 0 Å². The number of rotatable bonds is 5. The van der Waals surface area contributed by atoms with Crippen molar-refractivity contribution in [2.75, 3.05) is 6.54 Å². The molecule has 0 heterocycles. The first-order valence-electron chi connectivity index (χ1n) is 6.79. The van der Waals surface area contributed by atoms with E-state index in [1.165, 1.54) is 11.1 Å². The van der Waals surface area contributed by atoms with Crippen LogP contribution in [0.2, 0.25) is 0 Å². The summed E-state index contributed by atoms with van der Waals surface area (Å²) in [6.45, 7) is 2.85. The third-order valence-electron chi connectivity index (χ3n) is 3.73. The van der Waals surface area contributed by atoms with Gasteiger partial charge in [-0.2, -0.15) is 0 Å². The van der Waals surface area contributed by atoms with Gasteiger partial charge in [0, 0.05) is 12.0 Å². The van der Waals surface area contributed by atoms with E-state index in [4.69, 9.17) is 11.5 Å². The number of hydrogen-bond acceptors (Lipinski definition) is 1. The van der Waals surface area contributed by atoms with Crippen molar-refractivity contribution in [1.29, 1.82) is 0 Å². The minimum atomic E-state index is -0.0958. The van der Waals surface area contributed by atoms with Crippen molar-refractivity contribution in [3.63, 3.8) is 0 Å². The minimum Gasteiger partial charge on any atom is -0.370 e. The topological polar surface area (TPSA) is 64.4 Å². The van der Waals surface area contributed by atoms with Gasteiger partial charge in [-0.25, -0.2) is 0 Å². The van der Waals surface area contributed by atoms with Crippen LogP contribution in [0.1, 0.15) is 24.5 Å². The van der Waals surface area contributed by atoms with Gasteiger partial charge in [0.2, 0.25) is 0 Å². The molecule has 0 spiro atoms. The molecule has 0 fully saturated rings. The fourth-order valence-corrected chi connectivity index (χ4v) is 2.48. The number of hydrogen-bond donors (Lipinski definition) is 2. The maximum atomic E-state index is 5.43. The normalized spacial score (nSPS) is 10.5. The molecule has 0 atom stereocenters. The maximum absolute atomic E-state index is 5.43. The largest absolute Gasteiger partial charge is 0.370 e. The number of nitrogens with zero attached hydrogens (tertiary/aromatic N) is 1. The maximum Gasteiger partial charge on any atom is 0.185 e. The van der Waals surface area contributed by atoms with Gasteiger partial charge in [-0.1, -0.05) is 67.6 Å². The standard InChI is InChI=1S/C17H21N3.ClH/c1-17(12-13-20-16(18)19,14-8-4-2-5-9-14)15-10-6-3-7-11-15;/h2-11H,12-13H2,1H3,(H4,18,19,20);1H. The summed E-state index contributed by atoms with van der Waals surface area (Å²) in [4.78, 5) is 4.13. The fourth-order valence-electron chi connectivity index (χ4n) is 2.48. The van der Waals surface area contributed by atoms with Gasteiger partial charge in [0.05, 0.1) is 0 Å². The number of aliphatic imine (C=N–C) groups is 1. The zero-order valence-corrected chi connectivity index (χ0v) is 13.0. The summed E-state index contributed by atoms with van der Waals surface area (Å²) in [6, 6.07) is 21.0. The van der Waals surface area contributed by atoms with E-state index in [1.807, 2.05) is 12.1 Å². The summed E-state index contributed by atoms with van der Waals surface area (Å²) >= 11 is 0. The number of halogens is 1. The lowest BCUT2D eigenvalue weighted by atomic mass is 9.74. The van der Waals surface area contributed by atoms with Crippen molar-refractivity contribution in [2.45, 2.75) is 18.8 Å². The SMILES string of the molecule is CC(CCN=C(N)N)(c1ccccc1)c1ccccc1.Cl. The zero-order valence-electron chi connectivity index (χ0n) is 12.2. The van der Waals surface area contributed by atoms with E-state index < -0.39 is 0 Å². The Morgan fingerprint density at radius 2 is 1.33 bits per heavy atom. The Balaban J connectivity index is 0.00000220. The molecule has 4 N–H and O–H groups in total. The summed E-state index contributed by atoms with van der Waals surface area (Å²) in [6.07, 6.45) is 0.860. The Hall–Kier alpha value is -2.00. The predicted molar refractivity (Wildman–Crippen MR) is 91.9 cm³/mol. The average Bonchev–Trinajstić information content (AvgIpc) is 2.48. The smallest absolute Gasteiger partial charge is 0.185 e. The second kappa shape index (κ2) is 7.70. The van der Waals surface area contributed by atoms with Crippen LogP contribution in [0, 0.1) is 0 Å². The molecule has 0 saturated heterocycles. The van der Waals surface area contributed by atoms with Crippen LogP contribution in [-0.2, 0) is 5.41 Å². The van der Waals surface area contributed by atoms with Crippen molar-refractivity contribution in [1.82, 2.24) is 0 Å². The molecule has 2 aromatic rings. The van der Waals surface area contributed by atoms with Crippen LogP contribution >= 0.6 is 12.4 Å². The van der Waals surface area contributed by atoms with Gasteiger partial charge in [0.15, 0.2) is 5.96 Å². The first-order chi connectivity index (χ1) is 9.63. The van der Waals surface area contributed by atoms with E-state index >= 15 is 0 Å². The van der Waals surface area contributed by atoms with Gasteiger partial charge in [-0.15, -0.1) is 12.4 Å². The summed E-state index contributed by atoms with van der Waals surface area (Å²) < 4.78 is 0. The third-order valence-corrected chi connectivity index (χ3v) is 3.73. The van der Waals surface area contributed by atoms with E-state index in [0.717, 1.165) is 6.42 Å². The highest BCUT2D eigenvalue weighted by molar-refractivity contribution is 5.85. The Morgan fingerprint density at radius 1 is 0.905 bits per heavy atom. The molecule has 0 radical (unpaired) electrons. The summed E-state index contributed by atoms with van der Waals surface area (Å²) in [5, 5.41) is 0. The molecule has 112 valence electrons. The van der Waals surface area contributed by atoms with Gasteiger partial charge < -0.3 is 11.5 Å². The van der Waals surface area contributed by atoms with Gasteiger partial charge in [0.1, 0.15) is 0 Å². The molecular formula is C17H22ClN3. The molecule has 4 heteroatoms. The minimum absolute atomic E-state index is 0. The second-order valence-electron chi connectivity index (χ2n) is 5.12. The van der Waals surface area contributed by atoms with Crippen LogP contribution in [0.15, 0.2) is 65.7 Å². The molecule has 0 saturated carbocycles. The van der Waals surface area contributed by atoms with Crippen LogP contribution < -0.4 is 11.5 Å². The van der Waals surface area contributed by atoms with Gasteiger partial charge in [-0.05, 0) is 17.5 Å².